The molecule has 0 unspecified atom stereocenters. The van der Waals surface area contributed by atoms with Crippen LogP contribution in [0.4, 0.5) is 5.69 Å². The minimum Gasteiger partial charge on any atom is -0.411 e. The Labute approximate surface area is 191 Å². The number of benzene rings is 2. The summed E-state index contributed by atoms with van der Waals surface area (Å²) in [6.07, 6.45) is 0.851. The summed E-state index contributed by atoms with van der Waals surface area (Å²) in [5.74, 6) is 0.363. The van der Waals surface area contributed by atoms with Crippen molar-refractivity contribution in [3.8, 4) is 11.5 Å². The molecular weight excluding hydrogens is 448 g/mol. The number of rotatable bonds is 8. The molecule has 0 radical (unpaired) electrons. The average molecular weight is 473 g/mol. The van der Waals surface area contributed by atoms with Gasteiger partial charge in [0.15, 0.2) is 0 Å². The molecule has 0 N–H and O–H groups in total. The lowest BCUT2D eigenvalue weighted by molar-refractivity contribution is -0.116. The highest BCUT2D eigenvalue weighted by Crippen LogP contribution is 2.30. The van der Waals surface area contributed by atoms with Gasteiger partial charge in [-0.2, -0.15) is 4.31 Å². The number of thioether (sulfide) groups is 1. The molecule has 0 atom stereocenters. The minimum atomic E-state index is -3.59. The van der Waals surface area contributed by atoms with Gasteiger partial charge in [0.25, 0.3) is 5.22 Å². The van der Waals surface area contributed by atoms with E-state index in [2.05, 4.69) is 10.2 Å². The summed E-state index contributed by atoms with van der Waals surface area (Å²) >= 11 is 1.17. The zero-order chi connectivity index (χ0) is 22.7. The molecule has 0 spiro atoms. The Morgan fingerprint density at radius 1 is 1.12 bits per heavy atom. The monoisotopic (exact) mass is 472 g/mol. The van der Waals surface area contributed by atoms with Crippen LogP contribution in [0.25, 0.3) is 11.5 Å². The highest BCUT2D eigenvalue weighted by Gasteiger charge is 2.25. The fourth-order valence-corrected chi connectivity index (χ4v) is 5.83. The lowest BCUT2D eigenvalue weighted by atomic mass is 10.2. The second-order valence-electron chi connectivity index (χ2n) is 7.20. The van der Waals surface area contributed by atoms with E-state index in [1.54, 1.807) is 36.9 Å². The molecule has 0 aliphatic carbocycles. The number of carbonyl (C=O) groups excluding carboxylic acids is 1. The van der Waals surface area contributed by atoms with Gasteiger partial charge >= 0.3 is 0 Å². The van der Waals surface area contributed by atoms with Gasteiger partial charge in [-0.1, -0.05) is 49.9 Å². The SMILES string of the molecule is CCN(CC)S(=O)(=O)c1cccc(-c2nnc(SCC(=O)N3CCc4ccccc43)o2)c1. The Bertz CT molecular complexity index is 1220. The summed E-state index contributed by atoms with van der Waals surface area (Å²) in [7, 11) is -3.59. The maximum absolute atomic E-state index is 12.8. The Morgan fingerprint density at radius 2 is 1.91 bits per heavy atom. The number of hydrogen-bond acceptors (Lipinski definition) is 7. The van der Waals surface area contributed by atoms with E-state index in [-0.39, 0.29) is 27.7 Å². The smallest absolute Gasteiger partial charge is 0.277 e. The quantitative estimate of drug-likeness (QED) is 0.463. The zero-order valence-corrected chi connectivity index (χ0v) is 19.5. The maximum Gasteiger partial charge on any atom is 0.277 e. The summed E-state index contributed by atoms with van der Waals surface area (Å²) in [6.45, 7) is 5.05. The Balaban J connectivity index is 1.45. The van der Waals surface area contributed by atoms with E-state index in [4.69, 9.17) is 4.42 Å². The van der Waals surface area contributed by atoms with Gasteiger partial charge in [0, 0.05) is 30.9 Å². The van der Waals surface area contributed by atoms with Crippen LogP contribution in [-0.2, 0) is 21.2 Å². The van der Waals surface area contributed by atoms with Gasteiger partial charge < -0.3 is 9.32 Å². The van der Waals surface area contributed by atoms with Gasteiger partial charge in [-0.25, -0.2) is 8.42 Å². The number of hydrogen-bond donors (Lipinski definition) is 0. The van der Waals surface area contributed by atoms with E-state index in [1.165, 1.54) is 27.7 Å². The van der Waals surface area contributed by atoms with Crippen molar-refractivity contribution in [3.63, 3.8) is 0 Å². The second-order valence-corrected chi connectivity index (χ2v) is 10.1. The van der Waals surface area contributed by atoms with Crippen molar-refractivity contribution in [2.45, 2.75) is 30.4 Å². The standard InChI is InChI=1S/C22H24N4O4S2/c1-3-25(4-2)32(28,29)18-10-7-9-17(14-18)21-23-24-22(30-21)31-15-20(27)26-13-12-16-8-5-6-11-19(16)26/h5-11,14H,3-4,12-13,15H2,1-2H3. The van der Waals surface area contributed by atoms with E-state index in [1.807, 2.05) is 24.3 Å². The van der Waals surface area contributed by atoms with Gasteiger partial charge in [-0.05, 0) is 36.2 Å². The van der Waals surface area contributed by atoms with E-state index in [9.17, 15) is 13.2 Å². The number of sulfonamides is 1. The molecule has 4 rings (SSSR count). The first-order chi connectivity index (χ1) is 15.4. The predicted molar refractivity (Wildman–Crippen MR) is 123 cm³/mol. The molecule has 3 aromatic rings. The van der Waals surface area contributed by atoms with E-state index >= 15 is 0 Å². The molecule has 10 heteroatoms. The van der Waals surface area contributed by atoms with Crippen molar-refractivity contribution in [2.75, 3.05) is 30.3 Å². The highest BCUT2D eigenvalue weighted by atomic mass is 32.2. The minimum absolute atomic E-state index is 0.0213. The van der Waals surface area contributed by atoms with Crippen LogP contribution in [0.2, 0.25) is 0 Å². The van der Waals surface area contributed by atoms with Crippen molar-refractivity contribution in [1.82, 2.24) is 14.5 Å². The van der Waals surface area contributed by atoms with Crippen LogP contribution in [0.1, 0.15) is 19.4 Å². The number of nitrogens with zero attached hydrogens (tertiary/aromatic N) is 4. The third-order valence-electron chi connectivity index (χ3n) is 5.34. The molecule has 32 heavy (non-hydrogen) atoms. The Morgan fingerprint density at radius 3 is 2.69 bits per heavy atom. The topological polar surface area (TPSA) is 96.6 Å². The van der Waals surface area contributed by atoms with Crippen LogP contribution >= 0.6 is 11.8 Å². The van der Waals surface area contributed by atoms with Crippen LogP contribution in [0.15, 0.2) is 63.1 Å². The maximum atomic E-state index is 12.8. The molecule has 1 amide bonds. The predicted octanol–water partition coefficient (Wildman–Crippen LogP) is 3.45. The van der Waals surface area contributed by atoms with Crippen molar-refractivity contribution < 1.29 is 17.6 Å². The van der Waals surface area contributed by atoms with Crippen molar-refractivity contribution in [3.05, 3.63) is 54.1 Å². The van der Waals surface area contributed by atoms with Gasteiger partial charge in [0.05, 0.1) is 10.6 Å². The molecular formula is C22H24N4O4S2. The zero-order valence-electron chi connectivity index (χ0n) is 17.9. The number of anilines is 1. The first kappa shape index (κ1) is 22.5. The highest BCUT2D eigenvalue weighted by molar-refractivity contribution is 7.99. The molecule has 1 aromatic heterocycles. The number of amides is 1. The van der Waals surface area contributed by atoms with Gasteiger partial charge in [-0.3, -0.25) is 4.79 Å². The summed E-state index contributed by atoms with van der Waals surface area (Å²) in [5, 5.41) is 8.31. The first-order valence-electron chi connectivity index (χ1n) is 10.4. The van der Waals surface area contributed by atoms with Crippen LogP contribution in [0, 0.1) is 0 Å². The summed E-state index contributed by atoms with van der Waals surface area (Å²) < 4.78 is 32.7. The van der Waals surface area contributed by atoms with Crippen molar-refractivity contribution >= 4 is 33.4 Å². The molecule has 0 saturated heterocycles. The fraction of sp³-hybridized carbons (Fsp3) is 0.318. The third-order valence-corrected chi connectivity index (χ3v) is 8.19. The van der Waals surface area contributed by atoms with Gasteiger partial charge in [-0.15, -0.1) is 10.2 Å². The van der Waals surface area contributed by atoms with E-state index in [0.717, 1.165) is 12.1 Å². The molecule has 2 heterocycles. The summed E-state index contributed by atoms with van der Waals surface area (Å²) in [5.41, 5.74) is 2.64. The summed E-state index contributed by atoms with van der Waals surface area (Å²) in [4.78, 5) is 14.6. The Kier molecular flexibility index (Phi) is 6.63. The lowest BCUT2D eigenvalue weighted by Crippen LogP contribution is -2.30. The molecule has 2 aromatic carbocycles. The molecule has 0 fully saturated rings. The molecule has 1 aliphatic rings. The normalized spacial score (nSPS) is 13.5. The molecule has 1 aliphatic heterocycles. The molecule has 168 valence electrons. The van der Waals surface area contributed by atoms with E-state index in [0.29, 0.717) is 25.2 Å². The van der Waals surface area contributed by atoms with Crippen LogP contribution < -0.4 is 4.90 Å². The van der Waals surface area contributed by atoms with Crippen LogP contribution in [-0.4, -0.2) is 54.2 Å². The van der Waals surface area contributed by atoms with Crippen molar-refractivity contribution in [1.29, 1.82) is 0 Å². The lowest BCUT2D eigenvalue weighted by Gasteiger charge is -2.18. The Hall–Kier alpha value is -2.69. The molecule has 8 nitrogen and oxygen atoms in total. The van der Waals surface area contributed by atoms with Gasteiger partial charge in [0.1, 0.15) is 0 Å². The molecule has 0 bridgehead atoms. The summed E-state index contributed by atoms with van der Waals surface area (Å²) in [6, 6.07) is 14.3. The van der Waals surface area contributed by atoms with Gasteiger partial charge in [0.2, 0.25) is 21.8 Å². The number of carbonyl (C=O) groups is 1. The van der Waals surface area contributed by atoms with Crippen LogP contribution in [0.3, 0.4) is 0 Å². The largest absolute Gasteiger partial charge is 0.411 e. The average Bonchev–Trinajstić information content (AvgIpc) is 3.46. The van der Waals surface area contributed by atoms with Crippen molar-refractivity contribution in [2.24, 2.45) is 0 Å². The number of para-hydroxylation sites is 1. The van der Waals surface area contributed by atoms with Crippen LogP contribution in [0.5, 0.6) is 0 Å². The number of aromatic nitrogens is 2. The first-order valence-corrected chi connectivity index (χ1v) is 12.8. The molecule has 0 saturated carbocycles. The van der Waals surface area contributed by atoms with E-state index < -0.39 is 10.0 Å². The number of fused-ring (bicyclic) bond motifs is 1. The second kappa shape index (κ2) is 9.43. The third kappa shape index (κ3) is 4.43. The fourth-order valence-electron chi connectivity index (χ4n) is 3.69.